The van der Waals surface area contributed by atoms with Crippen LogP contribution in [0.1, 0.15) is 76.7 Å². The van der Waals surface area contributed by atoms with Gasteiger partial charge >= 0.3 is 0 Å². The lowest BCUT2D eigenvalue weighted by atomic mass is 9.85. The number of aromatic nitrogens is 2. The topological polar surface area (TPSA) is 60.2 Å². The minimum atomic E-state index is -0.140. The van der Waals surface area contributed by atoms with Crippen molar-refractivity contribution in [1.29, 1.82) is 0 Å². The van der Waals surface area contributed by atoms with Crippen LogP contribution in [0.4, 0.5) is 0 Å². The van der Waals surface area contributed by atoms with Gasteiger partial charge in [0.1, 0.15) is 6.10 Å². The third kappa shape index (κ3) is 2.99. The molecule has 2 fully saturated rings. The number of ether oxygens (including phenoxy) is 1. The van der Waals surface area contributed by atoms with Crippen molar-refractivity contribution in [2.75, 3.05) is 7.11 Å². The maximum atomic E-state index is 5.57. The largest absolute Gasteiger partial charge is 0.373 e. The molecule has 2 heterocycles. The van der Waals surface area contributed by atoms with Gasteiger partial charge in [-0.3, -0.25) is 0 Å². The second-order valence-corrected chi connectivity index (χ2v) is 7.58. The molecule has 2 aliphatic rings. The highest BCUT2D eigenvalue weighted by Gasteiger charge is 2.39. The van der Waals surface area contributed by atoms with Crippen LogP contribution in [0, 0.1) is 11.3 Å². The molecule has 4 atom stereocenters. The zero-order chi connectivity index (χ0) is 15.0. The molecule has 1 aliphatic heterocycles. The number of hydrogen-bond acceptors (Lipinski definition) is 5. The molecule has 0 amide bonds. The van der Waals surface area contributed by atoms with Crippen LogP contribution in [0.15, 0.2) is 4.52 Å². The summed E-state index contributed by atoms with van der Waals surface area (Å²) < 4.78 is 11.1. The predicted molar refractivity (Wildman–Crippen MR) is 79.7 cm³/mol. The second-order valence-electron chi connectivity index (χ2n) is 7.58. The van der Waals surface area contributed by atoms with E-state index in [1.54, 1.807) is 7.11 Å². The molecule has 3 rings (SSSR count). The van der Waals surface area contributed by atoms with Gasteiger partial charge < -0.3 is 14.6 Å². The van der Waals surface area contributed by atoms with Crippen LogP contribution in [0.25, 0.3) is 0 Å². The van der Waals surface area contributed by atoms with Crippen molar-refractivity contribution in [3.8, 4) is 0 Å². The lowest BCUT2D eigenvalue weighted by Gasteiger charge is -2.26. The first-order chi connectivity index (χ1) is 9.99. The Morgan fingerprint density at radius 1 is 1.29 bits per heavy atom. The van der Waals surface area contributed by atoms with E-state index in [0.29, 0.717) is 11.9 Å². The molecule has 1 aromatic heterocycles. The number of fused-ring (bicyclic) bond motifs is 1. The van der Waals surface area contributed by atoms with E-state index in [1.807, 2.05) is 0 Å². The molecule has 118 valence electrons. The summed E-state index contributed by atoms with van der Waals surface area (Å²) in [6, 6.07) is 0.858. The molecule has 5 heteroatoms. The van der Waals surface area contributed by atoms with E-state index >= 15 is 0 Å². The zero-order valence-electron chi connectivity index (χ0n) is 13.6. The Balaban J connectivity index is 1.73. The molecular weight excluding hydrogens is 266 g/mol. The van der Waals surface area contributed by atoms with Gasteiger partial charge in [0.15, 0.2) is 0 Å². The summed E-state index contributed by atoms with van der Waals surface area (Å²) in [6.07, 6.45) is 6.30. The normalized spacial score (nSPS) is 31.1. The maximum absolute atomic E-state index is 5.57. The highest BCUT2D eigenvalue weighted by atomic mass is 16.5. The molecular formula is C16H27N3O2. The van der Waals surface area contributed by atoms with Crippen LogP contribution in [0.5, 0.6) is 0 Å². The zero-order valence-corrected chi connectivity index (χ0v) is 13.6. The fourth-order valence-corrected chi connectivity index (χ4v) is 3.85. The first-order valence-electron chi connectivity index (χ1n) is 8.11. The molecule has 0 bridgehead atoms. The van der Waals surface area contributed by atoms with Crippen LogP contribution < -0.4 is 5.32 Å². The van der Waals surface area contributed by atoms with Crippen LogP contribution in [0.3, 0.4) is 0 Å². The summed E-state index contributed by atoms with van der Waals surface area (Å²) in [5.74, 6) is 2.17. The number of nitrogens with zero attached hydrogens (tertiary/aromatic N) is 2. The Kier molecular flexibility index (Phi) is 4.06. The average molecular weight is 293 g/mol. The van der Waals surface area contributed by atoms with Gasteiger partial charge in [-0.1, -0.05) is 38.8 Å². The predicted octanol–water partition coefficient (Wildman–Crippen LogP) is 3.40. The Bertz CT molecular complexity index is 466. The van der Waals surface area contributed by atoms with Gasteiger partial charge in [-0.25, -0.2) is 0 Å². The van der Waals surface area contributed by atoms with Gasteiger partial charge in [0.25, 0.3) is 0 Å². The minimum Gasteiger partial charge on any atom is -0.373 e. The number of nitrogens with one attached hydrogen (secondary N) is 1. The van der Waals surface area contributed by atoms with Gasteiger partial charge in [-0.05, 0) is 30.6 Å². The van der Waals surface area contributed by atoms with E-state index < -0.39 is 0 Å². The van der Waals surface area contributed by atoms with E-state index in [9.17, 15) is 0 Å². The molecule has 1 saturated heterocycles. The number of hydrogen-bond donors (Lipinski definition) is 1. The van der Waals surface area contributed by atoms with Crippen molar-refractivity contribution in [2.45, 2.75) is 71.1 Å². The Morgan fingerprint density at radius 3 is 2.71 bits per heavy atom. The van der Waals surface area contributed by atoms with Crippen molar-refractivity contribution < 1.29 is 9.26 Å². The van der Waals surface area contributed by atoms with Crippen LogP contribution in [0.2, 0.25) is 0 Å². The minimum absolute atomic E-state index is 0.0486. The first kappa shape index (κ1) is 15.0. The average Bonchev–Trinajstić information content (AvgIpc) is 3.03. The SMILES string of the molecule is COC(c1noc(C2CC3CCCCC3N2)n1)C(C)(C)C. The fourth-order valence-electron chi connectivity index (χ4n) is 3.85. The van der Waals surface area contributed by atoms with E-state index in [1.165, 1.54) is 25.7 Å². The fraction of sp³-hybridized carbons (Fsp3) is 0.875. The molecule has 0 spiro atoms. The Labute approximate surface area is 126 Å². The summed E-state index contributed by atoms with van der Waals surface area (Å²) in [6.45, 7) is 6.37. The maximum Gasteiger partial charge on any atom is 0.243 e. The molecule has 0 aromatic carbocycles. The molecule has 1 aliphatic carbocycles. The van der Waals surface area contributed by atoms with Crippen molar-refractivity contribution in [2.24, 2.45) is 11.3 Å². The lowest BCUT2D eigenvalue weighted by Crippen LogP contribution is -2.30. The van der Waals surface area contributed by atoms with Crippen molar-refractivity contribution in [3.05, 3.63) is 11.7 Å². The van der Waals surface area contributed by atoms with Crippen LogP contribution >= 0.6 is 0 Å². The van der Waals surface area contributed by atoms with E-state index in [4.69, 9.17) is 9.26 Å². The number of rotatable bonds is 3. The molecule has 0 radical (unpaired) electrons. The molecule has 1 saturated carbocycles. The van der Waals surface area contributed by atoms with Gasteiger partial charge in [0.05, 0.1) is 6.04 Å². The monoisotopic (exact) mass is 293 g/mol. The van der Waals surface area contributed by atoms with Crippen molar-refractivity contribution in [3.63, 3.8) is 0 Å². The first-order valence-corrected chi connectivity index (χ1v) is 8.11. The second kappa shape index (κ2) is 5.69. The standard InChI is InChI=1S/C16H27N3O2/c1-16(2,3)13(20-4)14-18-15(21-19-14)12-9-10-7-5-6-8-11(10)17-12/h10-13,17H,5-9H2,1-4H3. The molecule has 5 nitrogen and oxygen atoms in total. The van der Waals surface area contributed by atoms with Gasteiger partial charge in [-0.15, -0.1) is 0 Å². The smallest absolute Gasteiger partial charge is 0.243 e. The van der Waals surface area contributed by atoms with E-state index in [0.717, 1.165) is 18.2 Å². The number of methoxy groups -OCH3 is 1. The summed E-state index contributed by atoms with van der Waals surface area (Å²) in [4.78, 5) is 4.62. The molecule has 4 unspecified atom stereocenters. The summed E-state index contributed by atoms with van der Waals surface area (Å²) in [5, 5.41) is 7.85. The van der Waals surface area contributed by atoms with E-state index in [-0.39, 0.29) is 17.6 Å². The third-order valence-corrected chi connectivity index (χ3v) is 4.88. The summed E-state index contributed by atoms with van der Waals surface area (Å²) in [5.41, 5.74) is -0.0486. The molecule has 21 heavy (non-hydrogen) atoms. The van der Waals surface area contributed by atoms with Crippen molar-refractivity contribution in [1.82, 2.24) is 15.5 Å². The highest BCUT2D eigenvalue weighted by Crippen LogP contribution is 2.39. The van der Waals surface area contributed by atoms with Gasteiger partial charge in [0, 0.05) is 13.2 Å². The third-order valence-electron chi connectivity index (χ3n) is 4.88. The summed E-state index contributed by atoms with van der Waals surface area (Å²) in [7, 11) is 1.70. The van der Waals surface area contributed by atoms with Gasteiger partial charge in [0.2, 0.25) is 11.7 Å². The quantitative estimate of drug-likeness (QED) is 0.925. The van der Waals surface area contributed by atoms with E-state index in [2.05, 4.69) is 36.2 Å². The Morgan fingerprint density at radius 2 is 2.05 bits per heavy atom. The molecule has 1 N–H and O–H groups in total. The van der Waals surface area contributed by atoms with Gasteiger partial charge in [-0.2, -0.15) is 4.98 Å². The van der Waals surface area contributed by atoms with Crippen molar-refractivity contribution >= 4 is 0 Å². The highest BCUT2D eigenvalue weighted by molar-refractivity contribution is 5.04. The summed E-state index contributed by atoms with van der Waals surface area (Å²) >= 11 is 0. The Hall–Kier alpha value is -0.940. The lowest BCUT2D eigenvalue weighted by molar-refractivity contribution is 0.00718. The molecule has 1 aromatic rings. The van der Waals surface area contributed by atoms with Crippen LogP contribution in [-0.2, 0) is 4.74 Å². The van der Waals surface area contributed by atoms with Crippen LogP contribution in [-0.4, -0.2) is 23.3 Å².